The maximum Gasteiger partial charge on any atom is 0.319 e. The quantitative estimate of drug-likeness (QED) is 0.608. The van der Waals surface area contributed by atoms with Gasteiger partial charge in [-0.3, -0.25) is 4.79 Å². The molecule has 0 N–H and O–H groups in total. The van der Waals surface area contributed by atoms with E-state index in [1.54, 1.807) is 47.0 Å². The van der Waals surface area contributed by atoms with Crippen LogP contribution in [0.3, 0.4) is 0 Å². The van der Waals surface area contributed by atoms with Crippen molar-refractivity contribution in [2.45, 2.75) is 0 Å². The van der Waals surface area contributed by atoms with Gasteiger partial charge in [-0.05, 0) is 18.1 Å². The van der Waals surface area contributed by atoms with E-state index in [0.717, 1.165) is 15.6 Å². The Balaban J connectivity index is 1.77. The second-order valence-corrected chi connectivity index (χ2v) is 9.71. The van der Waals surface area contributed by atoms with Gasteiger partial charge in [-0.25, -0.2) is 0 Å². The number of ether oxygens (including phenoxy) is 1. The van der Waals surface area contributed by atoms with E-state index in [4.69, 9.17) is 4.74 Å². The van der Waals surface area contributed by atoms with E-state index >= 15 is 0 Å². The molecule has 2 unspecified atom stereocenters. The Morgan fingerprint density at radius 2 is 1.83 bits per heavy atom. The first-order chi connectivity index (χ1) is 11.2. The van der Waals surface area contributed by atoms with Crippen molar-refractivity contribution in [2.75, 3.05) is 12.5 Å². The van der Waals surface area contributed by atoms with Gasteiger partial charge in [0.1, 0.15) is 0 Å². The second kappa shape index (κ2) is 6.31. The van der Waals surface area contributed by atoms with Gasteiger partial charge in [0.2, 0.25) is 0 Å². The highest BCUT2D eigenvalue weighted by molar-refractivity contribution is 8.40. The lowest BCUT2D eigenvalue weighted by Gasteiger charge is -2.36. The number of allylic oxidation sites excluding steroid dienone is 7. The maximum absolute atomic E-state index is 12.5. The van der Waals surface area contributed by atoms with Crippen molar-refractivity contribution < 1.29 is 9.53 Å². The topological polar surface area (TPSA) is 26.3 Å². The van der Waals surface area contributed by atoms with Crippen molar-refractivity contribution >= 4 is 53.0 Å². The van der Waals surface area contributed by atoms with E-state index in [0.29, 0.717) is 0 Å². The molecule has 4 rings (SSSR count). The number of carbonyl (C=O) groups excluding carboxylic acids is 1. The fourth-order valence-electron chi connectivity index (χ4n) is 3.04. The van der Waals surface area contributed by atoms with Gasteiger partial charge in [0, 0.05) is 11.5 Å². The van der Waals surface area contributed by atoms with Crippen LogP contribution in [0.15, 0.2) is 66.1 Å². The van der Waals surface area contributed by atoms with Gasteiger partial charge in [0.25, 0.3) is 0 Å². The number of esters is 1. The summed E-state index contributed by atoms with van der Waals surface area (Å²) in [5.74, 6) is 0.523. The van der Waals surface area contributed by atoms with Crippen LogP contribution in [-0.2, 0) is 9.53 Å². The van der Waals surface area contributed by atoms with Crippen molar-refractivity contribution in [1.29, 1.82) is 0 Å². The molecular formula is C17H14O2S4. The normalized spacial score (nSPS) is 28.7. The number of carbonyl (C=O) groups is 1. The van der Waals surface area contributed by atoms with E-state index in [9.17, 15) is 4.79 Å². The molecule has 2 heterocycles. The minimum absolute atomic E-state index is 0.103. The van der Waals surface area contributed by atoms with Gasteiger partial charge in [0.05, 0.1) is 18.6 Å². The maximum atomic E-state index is 12.5. The number of thioether (sulfide) groups is 4. The Morgan fingerprint density at radius 3 is 2.52 bits per heavy atom. The summed E-state index contributed by atoms with van der Waals surface area (Å²) in [6, 6.07) is 0. The Bertz CT molecular complexity index is 749. The molecule has 0 saturated carbocycles. The summed E-state index contributed by atoms with van der Waals surface area (Å²) in [4.78, 5) is 12.5. The smallest absolute Gasteiger partial charge is 0.319 e. The summed E-state index contributed by atoms with van der Waals surface area (Å²) < 4.78 is 9.44. The first kappa shape index (κ1) is 15.8. The third-order valence-electron chi connectivity index (χ3n) is 4.06. The van der Waals surface area contributed by atoms with Gasteiger partial charge in [0.15, 0.2) is 5.76 Å². The molecule has 2 atom stereocenters. The summed E-state index contributed by atoms with van der Waals surface area (Å²) in [6.45, 7) is 0. The molecule has 0 spiro atoms. The summed E-state index contributed by atoms with van der Waals surface area (Å²) in [5.41, 5.74) is 2.33. The average Bonchev–Trinajstić information content (AvgIpc) is 3.01. The molecule has 1 fully saturated rings. The third-order valence-corrected chi connectivity index (χ3v) is 9.24. The monoisotopic (exact) mass is 378 g/mol. The van der Waals surface area contributed by atoms with Crippen LogP contribution < -0.4 is 0 Å². The van der Waals surface area contributed by atoms with E-state index in [1.165, 1.54) is 14.0 Å². The van der Waals surface area contributed by atoms with Crippen LogP contribution in [0, 0.1) is 11.8 Å². The number of hydrogen-bond donors (Lipinski definition) is 0. The van der Waals surface area contributed by atoms with Gasteiger partial charge in [-0.1, -0.05) is 60.0 Å². The van der Waals surface area contributed by atoms with Crippen molar-refractivity contribution in [1.82, 2.24) is 0 Å². The minimum Gasteiger partial charge on any atom is -0.424 e. The molecule has 118 valence electrons. The SMILES string of the molecule is CSC1=C(SC)SC(=C2OC(=O)C3C=CC=C4C=CC=C2C43)S1. The Hall–Kier alpha value is -0.690. The summed E-state index contributed by atoms with van der Waals surface area (Å²) >= 11 is 6.94. The molecule has 0 amide bonds. The van der Waals surface area contributed by atoms with Crippen LogP contribution in [-0.4, -0.2) is 18.5 Å². The zero-order valence-electron chi connectivity index (χ0n) is 12.6. The zero-order valence-corrected chi connectivity index (χ0v) is 15.8. The van der Waals surface area contributed by atoms with Gasteiger partial charge in [-0.2, -0.15) is 0 Å². The lowest BCUT2D eigenvalue weighted by atomic mass is 9.73. The Morgan fingerprint density at radius 1 is 1.09 bits per heavy atom. The predicted octanol–water partition coefficient (Wildman–Crippen LogP) is 5.27. The second-order valence-electron chi connectivity index (χ2n) is 5.26. The van der Waals surface area contributed by atoms with Crippen LogP contribution in [0.2, 0.25) is 0 Å². The standard InChI is InChI=1S/C17H14O2S4/c1-20-16-17(21-2)23-15(22-16)13-10-7-3-5-9-6-4-8-11(12(9)10)14(18)19-13/h3-8,11-12H,1-2H3. The lowest BCUT2D eigenvalue weighted by molar-refractivity contribution is -0.145. The van der Waals surface area contributed by atoms with Crippen molar-refractivity contribution in [3.8, 4) is 0 Å². The number of hydrogen-bond acceptors (Lipinski definition) is 6. The number of cyclic esters (lactones) is 1. The van der Waals surface area contributed by atoms with Crippen LogP contribution in [0.1, 0.15) is 0 Å². The zero-order chi connectivity index (χ0) is 16.0. The first-order valence-electron chi connectivity index (χ1n) is 7.14. The van der Waals surface area contributed by atoms with Crippen molar-refractivity contribution in [3.05, 3.63) is 66.1 Å². The highest BCUT2D eigenvalue weighted by atomic mass is 32.3. The predicted molar refractivity (Wildman–Crippen MR) is 104 cm³/mol. The van der Waals surface area contributed by atoms with E-state index in [-0.39, 0.29) is 17.8 Å². The van der Waals surface area contributed by atoms with E-state index < -0.39 is 0 Å². The summed E-state index contributed by atoms with van der Waals surface area (Å²) in [6.07, 6.45) is 16.4. The van der Waals surface area contributed by atoms with Crippen molar-refractivity contribution in [2.24, 2.45) is 11.8 Å². The summed E-state index contributed by atoms with van der Waals surface area (Å²) in [5, 5.41) is 0. The van der Waals surface area contributed by atoms with E-state index in [2.05, 4.69) is 36.8 Å². The molecule has 0 aromatic heterocycles. The third kappa shape index (κ3) is 2.60. The molecule has 0 aromatic carbocycles. The molecule has 6 heteroatoms. The minimum atomic E-state index is -0.194. The number of rotatable bonds is 2. The van der Waals surface area contributed by atoms with Crippen molar-refractivity contribution in [3.63, 3.8) is 0 Å². The molecule has 2 aliphatic heterocycles. The lowest BCUT2D eigenvalue weighted by Crippen LogP contribution is -2.35. The molecule has 2 aliphatic carbocycles. The highest BCUT2D eigenvalue weighted by Gasteiger charge is 2.43. The fourth-order valence-corrected chi connectivity index (χ4v) is 8.03. The molecule has 0 aromatic rings. The largest absolute Gasteiger partial charge is 0.424 e. The van der Waals surface area contributed by atoms with Crippen LogP contribution >= 0.6 is 47.0 Å². The van der Waals surface area contributed by atoms with Gasteiger partial charge >= 0.3 is 5.97 Å². The molecule has 23 heavy (non-hydrogen) atoms. The molecular weight excluding hydrogens is 364 g/mol. The summed E-state index contributed by atoms with van der Waals surface area (Å²) in [7, 11) is 0. The highest BCUT2D eigenvalue weighted by Crippen LogP contribution is 2.59. The van der Waals surface area contributed by atoms with Crippen LogP contribution in [0.5, 0.6) is 0 Å². The van der Waals surface area contributed by atoms with Crippen LogP contribution in [0.25, 0.3) is 0 Å². The van der Waals surface area contributed by atoms with Gasteiger partial charge < -0.3 is 4.74 Å². The van der Waals surface area contributed by atoms with E-state index in [1.807, 2.05) is 12.2 Å². The van der Waals surface area contributed by atoms with Crippen LogP contribution in [0.4, 0.5) is 0 Å². The Labute approximate surface area is 152 Å². The van der Waals surface area contributed by atoms with Gasteiger partial charge in [-0.15, -0.1) is 23.5 Å². The molecule has 1 saturated heterocycles. The Kier molecular flexibility index (Phi) is 4.34. The molecule has 4 aliphatic rings. The average molecular weight is 379 g/mol. The first-order valence-corrected chi connectivity index (χ1v) is 11.2. The molecule has 0 bridgehead atoms. The molecule has 2 nitrogen and oxygen atoms in total. The fraction of sp³-hybridized carbons (Fsp3) is 0.235. The molecule has 0 radical (unpaired) electrons.